The summed E-state index contributed by atoms with van der Waals surface area (Å²) in [5.74, 6) is -0.218. The van der Waals surface area contributed by atoms with Crippen LogP contribution in [-0.2, 0) is 9.59 Å². The van der Waals surface area contributed by atoms with Crippen LogP contribution in [0.15, 0.2) is 51.8 Å². The van der Waals surface area contributed by atoms with Crippen molar-refractivity contribution < 1.29 is 14.8 Å². The Morgan fingerprint density at radius 2 is 2.00 bits per heavy atom. The van der Waals surface area contributed by atoms with Gasteiger partial charge in [0, 0.05) is 28.3 Å². The average molecular weight is 372 g/mol. The van der Waals surface area contributed by atoms with Crippen molar-refractivity contribution in [3.63, 3.8) is 0 Å². The summed E-state index contributed by atoms with van der Waals surface area (Å²) in [6.45, 7) is 0.684. The van der Waals surface area contributed by atoms with Gasteiger partial charge in [0.1, 0.15) is 0 Å². The van der Waals surface area contributed by atoms with Gasteiger partial charge in [0.25, 0.3) is 5.91 Å². The number of anilines is 1. The lowest BCUT2D eigenvalue weighted by Gasteiger charge is -2.24. The topological polar surface area (TPSA) is 69.6 Å². The van der Waals surface area contributed by atoms with E-state index in [1.165, 1.54) is 0 Å². The predicted octanol–water partition coefficient (Wildman–Crippen LogP) is 4.19. The van der Waals surface area contributed by atoms with E-state index in [1.54, 1.807) is 17.2 Å². The summed E-state index contributed by atoms with van der Waals surface area (Å²) in [5, 5.41) is 8.50. The normalized spacial score (nSPS) is 16.2. The molecular formula is C20H24N2O3S. The highest BCUT2D eigenvalue weighted by Gasteiger charge is 2.28. The number of nitrogens with one attached hydrogen (secondary N) is 1. The minimum absolute atomic E-state index is 0.126. The molecule has 0 saturated heterocycles. The van der Waals surface area contributed by atoms with Crippen molar-refractivity contribution in [3.8, 4) is 0 Å². The van der Waals surface area contributed by atoms with Gasteiger partial charge in [-0.25, -0.2) is 5.48 Å². The zero-order valence-corrected chi connectivity index (χ0v) is 15.6. The average Bonchev–Trinajstić information content (AvgIpc) is 2.79. The van der Waals surface area contributed by atoms with Crippen LogP contribution in [0.2, 0.25) is 0 Å². The molecule has 1 aliphatic carbocycles. The number of carbonyl (C=O) groups excluding carboxylic acids is 2. The van der Waals surface area contributed by atoms with Crippen LogP contribution >= 0.6 is 11.8 Å². The fraction of sp³-hybridized carbons (Fsp3) is 0.400. The Labute approximate surface area is 158 Å². The van der Waals surface area contributed by atoms with E-state index in [4.69, 9.17) is 5.21 Å². The number of rotatable bonds is 7. The van der Waals surface area contributed by atoms with Crippen molar-refractivity contribution in [2.45, 2.75) is 49.8 Å². The first-order valence-electron chi connectivity index (χ1n) is 9.12. The molecule has 138 valence electrons. The molecule has 1 aliphatic heterocycles. The summed E-state index contributed by atoms with van der Waals surface area (Å²) >= 11 is 1.68. The highest BCUT2D eigenvalue weighted by molar-refractivity contribution is 8.03. The first kappa shape index (κ1) is 18.7. The number of amides is 2. The maximum Gasteiger partial charge on any atom is 0.255 e. The zero-order valence-electron chi connectivity index (χ0n) is 14.7. The largest absolute Gasteiger partial charge is 0.307 e. The second-order valence-electron chi connectivity index (χ2n) is 6.51. The lowest BCUT2D eigenvalue weighted by molar-refractivity contribution is -0.129. The van der Waals surface area contributed by atoms with E-state index in [-0.39, 0.29) is 11.8 Å². The Morgan fingerprint density at radius 1 is 1.19 bits per heavy atom. The third-order valence-electron chi connectivity index (χ3n) is 4.67. The van der Waals surface area contributed by atoms with Crippen LogP contribution in [0.1, 0.15) is 44.9 Å². The third-order valence-corrected chi connectivity index (χ3v) is 5.83. The van der Waals surface area contributed by atoms with E-state index in [0.717, 1.165) is 59.6 Å². The van der Waals surface area contributed by atoms with Gasteiger partial charge in [-0.15, -0.1) is 0 Å². The number of fused-ring (bicyclic) bond motifs is 1. The second kappa shape index (κ2) is 9.05. The Balaban J connectivity index is 1.65. The molecule has 2 amide bonds. The minimum atomic E-state index is -0.344. The fourth-order valence-corrected chi connectivity index (χ4v) is 4.44. The summed E-state index contributed by atoms with van der Waals surface area (Å²) < 4.78 is 0. The molecule has 0 bridgehead atoms. The molecule has 0 unspecified atom stereocenters. The Morgan fingerprint density at radius 3 is 2.85 bits per heavy atom. The molecule has 2 aliphatic rings. The number of hydrogen-bond acceptors (Lipinski definition) is 4. The Bertz CT molecular complexity index is 742. The standard InChI is InChI=1S/C20H24N2O3S/c23-19(21-25)13-3-1-2-8-14-22-16-10-5-7-12-18(16)26-17-11-6-4-9-15(17)20(22)24/h5-7,10-12,25H,1-4,8-9,13-14H2,(H,21,23). The van der Waals surface area contributed by atoms with Crippen molar-refractivity contribution in [2.75, 3.05) is 11.4 Å². The molecule has 0 saturated carbocycles. The van der Waals surface area contributed by atoms with Crippen LogP contribution in [0.5, 0.6) is 0 Å². The molecule has 0 fully saturated rings. The van der Waals surface area contributed by atoms with Gasteiger partial charge < -0.3 is 4.90 Å². The smallest absolute Gasteiger partial charge is 0.255 e. The molecule has 2 N–H and O–H groups in total. The summed E-state index contributed by atoms with van der Waals surface area (Å²) in [6.07, 6.45) is 9.76. The number of hydrogen-bond donors (Lipinski definition) is 2. The van der Waals surface area contributed by atoms with Crippen molar-refractivity contribution in [3.05, 3.63) is 46.9 Å². The molecular weight excluding hydrogens is 348 g/mol. The molecule has 0 radical (unpaired) electrons. The van der Waals surface area contributed by atoms with Crippen molar-refractivity contribution in [2.24, 2.45) is 0 Å². The molecule has 1 heterocycles. The van der Waals surface area contributed by atoms with Gasteiger partial charge in [0.15, 0.2) is 0 Å². The number of benzene rings is 1. The molecule has 1 aromatic rings. The number of nitrogens with zero attached hydrogens (tertiary/aromatic N) is 1. The van der Waals surface area contributed by atoms with Crippen molar-refractivity contribution >= 4 is 29.3 Å². The lowest BCUT2D eigenvalue weighted by Crippen LogP contribution is -2.33. The molecule has 0 aromatic heterocycles. The number of para-hydroxylation sites is 1. The summed E-state index contributed by atoms with van der Waals surface area (Å²) in [7, 11) is 0. The van der Waals surface area contributed by atoms with E-state index in [1.807, 2.05) is 23.1 Å². The van der Waals surface area contributed by atoms with E-state index < -0.39 is 0 Å². The van der Waals surface area contributed by atoms with E-state index in [0.29, 0.717) is 13.0 Å². The molecule has 3 rings (SSSR count). The van der Waals surface area contributed by atoms with Gasteiger partial charge in [-0.2, -0.15) is 0 Å². The van der Waals surface area contributed by atoms with Gasteiger partial charge in [-0.1, -0.05) is 48.9 Å². The number of hydroxylamine groups is 1. The van der Waals surface area contributed by atoms with E-state index >= 15 is 0 Å². The SMILES string of the molecule is O=C(CCCCCCN1C(=O)C2=C(C=CCC2)Sc2ccccc21)NO. The highest BCUT2D eigenvalue weighted by Crippen LogP contribution is 2.43. The summed E-state index contributed by atoms with van der Waals surface area (Å²) in [6, 6.07) is 8.09. The van der Waals surface area contributed by atoms with Crippen molar-refractivity contribution in [1.82, 2.24) is 5.48 Å². The molecule has 0 spiro atoms. The second-order valence-corrected chi connectivity index (χ2v) is 7.59. The molecule has 5 nitrogen and oxygen atoms in total. The van der Waals surface area contributed by atoms with Crippen molar-refractivity contribution in [1.29, 1.82) is 0 Å². The quantitative estimate of drug-likeness (QED) is 0.428. The number of carbonyl (C=O) groups is 2. The highest BCUT2D eigenvalue weighted by atomic mass is 32.2. The summed E-state index contributed by atoms with van der Waals surface area (Å²) in [5.41, 5.74) is 3.57. The maximum atomic E-state index is 13.1. The fourth-order valence-electron chi connectivity index (χ4n) is 3.29. The van der Waals surface area contributed by atoms with Gasteiger partial charge in [-0.05, 0) is 37.8 Å². The van der Waals surface area contributed by atoms with Crippen LogP contribution in [0.3, 0.4) is 0 Å². The molecule has 1 aromatic carbocycles. The van der Waals surface area contributed by atoms with E-state index in [9.17, 15) is 9.59 Å². The maximum absolute atomic E-state index is 13.1. The molecule has 0 atom stereocenters. The first-order valence-corrected chi connectivity index (χ1v) is 9.93. The van der Waals surface area contributed by atoms with Crippen LogP contribution < -0.4 is 10.4 Å². The first-order chi connectivity index (χ1) is 12.7. The third kappa shape index (κ3) is 4.37. The zero-order chi connectivity index (χ0) is 18.4. The Hall–Kier alpha value is -2.05. The van der Waals surface area contributed by atoms with E-state index in [2.05, 4.69) is 18.2 Å². The molecule has 6 heteroatoms. The Kier molecular flexibility index (Phi) is 6.52. The van der Waals surface area contributed by atoms with Crippen LogP contribution in [-0.4, -0.2) is 23.6 Å². The van der Waals surface area contributed by atoms with Gasteiger partial charge in [0.05, 0.1) is 5.69 Å². The predicted molar refractivity (Wildman–Crippen MR) is 103 cm³/mol. The monoisotopic (exact) mass is 372 g/mol. The molecule has 26 heavy (non-hydrogen) atoms. The van der Waals surface area contributed by atoms with Gasteiger partial charge >= 0.3 is 0 Å². The number of thioether (sulfide) groups is 1. The number of allylic oxidation sites excluding steroid dienone is 2. The summed E-state index contributed by atoms with van der Waals surface area (Å²) in [4.78, 5) is 28.3. The van der Waals surface area contributed by atoms with Crippen LogP contribution in [0, 0.1) is 0 Å². The minimum Gasteiger partial charge on any atom is -0.307 e. The van der Waals surface area contributed by atoms with Gasteiger partial charge in [0.2, 0.25) is 5.91 Å². The van der Waals surface area contributed by atoms with Crippen LogP contribution in [0.25, 0.3) is 0 Å². The van der Waals surface area contributed by atoms with Crippen LogP contribution in [0.4, 0.5) is 5.69 Å². The lowest BCUT2D eigenvalue weighted by atomic mass is 10.0. The van der Waals surface area contributed by atoms with Gasteiger partial charge in [-0.3, -0.25) is 14.8 Å². The number of unbranched alkanes of at least 4 members (excludes halogenated alkanes) is 3.